The average molecular weight is 338 g/mol. The molecule has 0 radical (unpaired) electrons. The largest absolute Gasteiger partial charge is 0.462 e. The number of carbonyl (C=O) groups excluding carboxylic acids is 2. The highest BCUT2D eigenvalue weighted by Crippen LogP contribution is 2.58. The maximum Gasteiger partial charge on any atom is 0.316 e. The second-order valence-corrected chi connectivity index (χ2v) is 7.93. The van der Waals surface area contributed by atoms with E-state index in [1.54, 1.807) is 13.0 Å². The van der Waals surface area contributed by atoms with Crippen LogP contribution in [0.15, 0.2) is 12.2 Å². The van der Waals surface area contributed by atoms with Crippen molar-refractivity contribution in [3.63, 3.8) is 0 Å². The smallest absolute Gasteiger partial charge is 0.316 e. The average Bonchev–Trinajstić information content (AvgIpc) is 3.41. The Labute approximate surface area is 142 Å². The normalized spacial score (nSPS) is 39.2. The van der Waals surface area contributed by atoms with Gasteiger partial charge in [0.2, 0.25) is 0 Å². The Balaban J connectivity index is 1.84. The molecule has 0 bridgehead atoms. The minimum atomic E-state index is -1.09. The Bertz CT molecular complexity index is 560. The standard InChI is InChI=1S/C18H26O6/c1-16(2)6-5-7-17(3,14(19)23-10-12-8-21-12)18(16,4)15(20)24-11-13-9-22-13/h5,7,12-13H,6,8-11H2,1-4H3. The van der Waals surface area contributed by atoms with Crippen LogP contribution in [-0.2, 0) is 28.5 Å². The Morgan fingerprint density at radius 2 is 1.50 bits per heavy atom. The molecule has 0 amide bonds. The van der Waals surface area contributed by atoms with Gasteiger partial charge in [-0.1, -0.05) is 26.0 Å². The van der Waals surface area contributed by atoms with Gasteiger partial charge in [-0.05, 0) is 25.7 Å². The molecular weight excluding hydrogens is 312 g/mol. The molecule has 0 spiro atoms. The fourth-order valence-corrected chi connectivity index (χ4v) is 3.38. The maximum absolute atomic E-state index is 13.0. The highest BCUT2D eigenvalue weighted by atomic mass is 16.6. The lowest BCUT2D eigenvalue weighted by molar-refractivity contribution is -0.187. The second-order valence-electron chi connectivity index (χ2n) is 7.93. The van der Waals surface area contributed by atoms with E-state index < -0.39 is 22.2 Å². The number of epoxide rings is 2. The number of rotatable bonds is 6. The van der Waals surface area contributed by atoms with Crippen molar-refractivity contribution in [1.29, 1.82) is 0 Å². The van der Waals surface area contributed by atoms with E-state index in [1.807, 2.05) is 26.8 Å². The van der Waals surface area contributed by atoms with E-state index in [-0.39, 0.29) is 31.4 Å². The minimum Gasteiger partial charge on any atom is -0.462 e. The molecule has 0 saturated carbocycles. The van der Waals surface area contributed by atoms with Crippen molar-refractivity contribution in [3.8, 4) is 0 Å². The number of carbonyl (C=O) groups is 2. The van der Waals surface area contributed by atoms with Gasteiger partial charge in [-0.2, -0.15) is 0 Å². The van der Waals surface area contributed by atoms with Crippen molar-refractivity contribution in [2.45, 2.75) is 46.3 Å². The number of esters is 2. The van der Waals surface area contributed by atoms with Crippen LogP contribution in [0, 0.1) is 16.2 Å². The van der Waals surface area contributed by atoms with Crippen LogP contribution in [0.25, 0.3) is 0 Å². The quantitative estimate of drug-likeness (QED) is 0.418. The Morgan fingerprint density at radius 3 is 2.00 bits per heavy atom. The molecule has 0 aromatic carbocycles. The summed E-state index contributed by atoms with van der Waals surface area (Å²) in [5.41, 5.74) is -2.58. The summed E-state index contributed by atoms with van der Waals surface area (Å²) in [6.45, 7) is 9.23. The van der Waals surface area contributed by atoms with Crippen LogP contribution in [0.5, 0.6) is 0 Å². The first kappa shape index (κ1) is 17.4. The second kappa shape index (κ2) is 5.85. The lowest BCUT2D eigenvalue weighted by Crippen LogP contribution is -2.58. The van der Waals surface area contributed by atoms with Crippen LogP contribution in [0.2, 0.25) is 0 Å². The van der Waals surface area contributed by atoms with E-state index in [4.69, 9.17) is 18.9 Å². The lowest BCUT2D eigenvalue weighted by Gasteiger charge is -2.52. The number of allylic oxidation sites excluding steroid dienone is 1. The molecule has 134 valence electrons. The molecule has 0 aromatic heterocycles. The molecule has 1 aliphatic carbocycles. The first-order valence-corrected chi connectivity index (χ1v) is 8.46. The third kappa shape index (κ3) is 2.86. The van der Waals surface area contributed by atoms with Gasteiger partial charge in [-0.15, -0.1) is 0 Å². The first-order valence-electron chi connectivity index (χ1n) is 8.46. The van der Waals surface area contributed by atoms with Gasteiger partial charge in [0, 0.05) is 0 Å². The summed E-state index contributed by atoms with van der Waals surface area (Å²) in [7, 11) is 0. The van der Waals surface area contributed by atoms with E-state index in [0.29, 0.717) is 19.6 Å². The Morgan fingerprint density at radius 1 is 1.00 bits per heavy atom. The molecule has 4 unspecified atom stereocenters. The van der Waals surface area contributed by atoms with Crippen molar-refractivity contribution in [2.24, 2.45) is 16.2 Å². The highest BCUT2D eigenvalue weighted by Gasteiger charge is 2.64. The van der Waals surface area contributed by atoms with Crippen LogP contribution >= 0.6 is 0 Å². The molecule has 2 saturated heterocycles. The third-order valence-corrected chi connectivity index (χ3v) is 5.91. The summed E-state index contributed by atoms with van der Waals surface area (Å²) >= 11 is 0. The van der Waals surface area contributed by atoms with Crippen molar-refractivity contribution < 1.29 is 28.5 Å². The molecule has 4 atom stereocenters. The zero-order valence-corrected chi connectivity index (χ0v) is 14.8. The summed E-state index contributed by atoms with van der Waals surface area (Å²) in [6.07, 6.45) is 4.41. The Hall–Kier alpha value is -1.40. The van der Waals surface area contributed by atoms with Crippen LogP contribution in [0.1, 0.15) is 34.1 Å². The highest BCUT2D eigenvalue weighted by molar-refractivity contribution is 5.90. The van der Waals surface area contributed by atoms with Gasteiger partial charge in [0.1, 0.15) is 25.4 Å². The zero-order valence-electron chi connectivity index (χ0n) is 14.8. The summed E-state index contributed by atoms with van der Waals surface area (Å²) in [5.74, 6) is -0.793. The van der Waals surface area contributed by atoms with E-state index in [0.717, 1.165) is 0 Å². The van der Waals surface area contributed by atoms with E-state index in [1.165, 1.54) is 0 Å². The summed E-state index contributed by atoms with van der Waals surface area (Å²) in [5, 5.41) is 0. The monoisotopic (exact) mass is 338 g/mol. The topological polar surface area (TPSA) is 77.7 Å². The van der Waals surface area contributed by atoms with E-state index in [2.05, 4.69) is 0 Å². The molecule has 3 aliphatic rings. The van der Waals surface area contributed by atoms with Crippen LogP contribution in [0.3, 0.4) is 0 Å². The van der Waals surface area contributed by atoms with Gasteiger partial charge in [-0.25, -0.2) is 0 Å². The van der Waals surface area contributed by atoms with Crippen LogP contribution < -0.4 is 0 Å². The van der Waals surface area contributed by atoms with Gasteiger partial charge < -0.3 is 18.9 Å². The van der Waals surface area contributed by atoms with Gasteiger partial charge >= 0.3 is 11.9 Å². The predicted molar refractivity (Wildman–Crippen MR) is 85.2 cm³/mol. The number of hydrogen-bond acceptors (Lipinski definition) is 6. The third-order valence-electron chi connectivity index (χ3n) is 5.91. The summed E-state index contributed by atoms with van der Waals surface area (Å²) < 4.78 is 21.1. The van der Waals surface area contributed by atoms with Gasteiger partial charge in [-0.3, -0.25) is 9.59 Å². The SMILES string of the molecule is CC1(C)CC=CC(C)(C(=O)OCC2CO2)C1(C)C(=O)OCC1CO1. The Kier molecular flexibility index (Phi) is 4.24. The van der Waals surface area contributed by atoms with Crippen molar-refractivity contribution in [1.82, 2.24) is 0 Å². The molecule has 0 N–H and O–H groups in total. The van der Waals surface area contributed by atoms with Crippen LogP contribution in [-0.4, -0.2) is 50.6 Å². The lowest BCUT2D eigenvalue weighted by atomic mass is 9.49. The zero-order chi connectivity index (χ0) is 17.6. The summed E-state index contributed by atoms with van der Waals surface area (Å²) in [4.78, 5) is 25.8. The molecule has 6 heteroatoms. The fourth-order valence-electron chi connectivity index (χ4n) is 3.38. The molecule has 0 aromatic rings. The maximum atomic E-state index is 13.0. The van der Waals surface area contributed by atoms with Gasteiger partial charge in [0.25, 0.3) is 0 Å². The molecule has 2 aliphatic heterocycles. The predicted octanol–water partition coefficient (Wildman–Crippen LogP) is 1.87. The number of ether oxygens (including phenoxy) is 4. The molecule has 2 fully saturated rings. The molecular formula is C18H26O6. The van der Waals surface area contributed by atoms with E-state index >= 15 is 0 Å². The molecule has 6 nitrogen and oxygen atoms in total. The first-order chi connectivity index (χ1) is 11.2. The van der Waals surface area contributed by atoms with Crippen molar-refractivity contribution >= 4 is 11.9 Å². The van der Waals surface area contributed by atoms with Gasteiger partial charge in [0.05, 0.1) is 24.0 Å². The van der Waals surface area contributed by atoms with Crippen molar-refractivity contribution in [2.75, 3.05) is 26.4 Å². The summed E-state index contributed by atoms with van der Waals surface area (Å²) in [6, 6.07) is 0. The van der Waals surface area contributed by atoms with Crippen molar-refractivity contribution in [3.05, 3.63) is 12.2 Å². The van der Waals surface area contributed by atoms with E-state index in [9.17, 15) is 9.59 Å². The van der Waals surface area contributed by atoms with Gasteiger partial charge in [0.15, 0.2) is 0 Å². The molecule has 24 heavy (non-hydrogen) atoms. The van der Waals surface area contributed by atoms with Crippen LogP contribution in [0.4, 0.5) is 0 Å². The molecule has 2 heterocycles. The minimum absolute atomic E-state index is 0.00924. The fraction of sp³-hybridized carbons (Fsp3) is 0.778. The molecule has 3 rings (SSSR count). The number of hydrogen-bond donors (Lipinski definition) is 0.